The first kappa shape index (κ1) is 34.7. The quantitative estimate of drug-likeness (QED) is 0.347. The molecule has 1 N–H and O–H groups in total. The number of methoxy groups -OCH3 is 1. The van der Waals surface area contributed by atoms with Crippen molar-refractivity contribution in [2.24, 2.45) is 0 Å². The number of fused-ring (bicyclic) bond motifs is 1. The van der Waals surface area contributed by atoms with Crippen LogP contribution in [-0.4, -0.2) is 118 Å². The molecular formula is C36H41N7O7S. The van der Waals surface area contributed by atoms with Gasteiger partial charge in [-0.2, -0.15) is 9.57 Å². The fourth-order valence-electron chi connectivity index (χ4n) is 7.66. The van der Waals surface area contributed by atoms with Crippen molar-refractivity contribution in [1.29, 1.82) is 5.26 Å². The van der Waals surface area contributed by atoms with Gasteiger partial charge in [0.15, 0.2) is 5.54 Å². The van der Waals surface area contributed by atoms with Crippen molar-refractivity contribution < 1.29 is 32.2 Å². The van der Waals surface area contributed by atoms with Crippen molar-refractivity contribution >= 4 is 27.6 Å². The number of ether oxygens (including phenoxy) is 3. The molecule has 3 saturated heterocycles. The Labute approximate surface area is 297 Å². The molecule has 5 heterocycles. The molecule has 4 aliphatic heterocycles. The van der Waals surface area contributed by atoms with Gasteiger partial charge in [0.1, 0.15) is 10.6 Å². The van der Waals surface area contributed by atoms with E-state index in [0.717, 1.165) is 52.2 Å². The second kappa shape index (κ2) is 14.1. The summed E-state index contributed by atoms with van der Waals surface area (Å²) in [6, 6.07) is 15.7. The smallest absolute Gasteiger partial charge is 0.318 e. The fourth-order valence-corrected chi connectivity index (χ4v) is 9.28. The second-order valence-corrected chi connectivity index (χ2v) is 14.8. The highest BCUT2D eigenvalue weighted by atomic mass is 32.2. The molecule has 15 heteroatoms. The van der Waals surface area contributed by atoms with Gasteiger partial charge in [-0.25, -0.2) is 18.2 Å². The van der Waals surface area contributed by atoms with Crippen LogP contribution in [0, 0.1) is 11.3 Å². The van der Waals surface area contributed by atoms with Gasteiger partial charge in [-0.15, -0.1) is 0 Å². The summed E-state index contributed by atoms with van der Waals surface area (Å²) in [7, 11) is -3.28. The minimum atomic E-state index is -4.62. The zero-order valence-electron chi connectivity index (χ0n) is 28.7. The summed E-state index contributed by atoms with van der Waals surface area (Å²) < 4.78 is 46.4. The molecule has 3 amide bonds. The number of benzene rings is 2. The largest absolute Gasteiger partial charge is 0.495 e. The minimum absolute atomic E-state index is 0.0128. The molecule has 0 spiro atoms. The monoisotopic (exact) mass is 715 g/mol. The third kappa shape index (κ3) is 6.05. The number of urea groups is 1. The Kier molecular flexibility index (Phi) is 9.60. The van der Waals surface area contributed by atoms with E-state index >= 15 is 4.79 Å². The number of nitriles is 1. The number of nitrogens with one attached hydrogen (secondary N) is 1. The zero-order chi connectivity index (χ0) is 35.8. The standard InChI is InChI=1S/C36H41N7O7S/c1-3-50-33-28(7-6-14-38-33)36(39-35(45)42-23-27(24-42)40-15-12-26(13-16-40)41-17-19-49-20-18-41)29-21-25(22-37)10-11-30(29)43(34(36)44)51(46,47)32-9-5-4-8-31(32)48-2/h4-11,14,21,26-27H,3,12-13,15-20,23-24H2,1-2H3,(H,39,45)/t36-/m1/s1. The van der Waals surface area contributed by atoms with Crippen LogP contribution in [0.4, 0.5) is 10.5 Å². The van der Waals surface area contributed by atoms with Crippen LogP contribution in [-0.2, 0) is 25.1 Å². The summed E-state index contributed by atoms with van der Waals surface area (Å²) in [6.07, 6.45) is 3.59. The van der Waals surface area contributed by atoms with Gasteiger partial charge in [-0.1, -0.05) is 12.1 Å². The van der Waals surface area contributed by atoms with Gasteiger partial charge in [0.25, 0.3) is 15.9 Å². The number of sulfonamides is 1. The maximum atomic E-state index is 15.1. The number of morpholine rings is 1. The Bertz CT molecular complexity index is 1950. The van der Waals surface area contributed by atoms with Crippen LogP contribution >= 0.6 is 0 Å². The van der Waals surface area contributed by atoms with Crippen LogP contribution in [0.1, 0.15) is 36.5 Å². The van der Waals surface area contributed by atoms with E-state index in [2.05, 4.69) is 26.2 Å². The summed E-state index contributed by atoms with van der Waals surface area (Å²) in [6.45, 7) is 8.15. The number of pyridine rings is 1. The van der Waals surface area contributed by atoms with E-state index in [1.165, 1.54) is 49.7 Å². The van der Waals surface area contributed by atoms with Gasteiger partial charge in [0.05, 0.1) is 49.8 Å². The SMILES string of the molecule is CCOc1ncccc1[C@]1(NC(=O)N2CC(N3CCC(N4CCOCC4)CC3)C2)C(=O)N(S(=O)(=O)c2ccccc2OC)c2ccc(C#N)cc21. The maximum Gasteiger partial charge on any atom is 0.318 e. The number of carbonyl (C=O) groups is 2. The van der Waals surface area contributed by atoms with Crippen LogP contribution in [0.2, 0.25) is 0 Å². The average molecular weight is 716 g/mol. The van der Waals surface area contributed by atoms with Crippen LogP contribution in [0.15, 0.2) is 65.7 Å². The Morgan fingerprint density at radius 1 is 1.02 bits per heavy atom. The molecule has 2 aromatic carbocycles. The third-order valence-electron chi connectivity index (χ3n) is 10.3. The first-order valence-electron chi connectivity index (χ1n) is 17.2. The number of rotatable bonds is 9. The lowest BCUT2D eigenvalue weighted by molar-refractivity contribution is -0.121. The molecule has 0 aliphatic carbocycles. The number of amides is 3. The van der Waals surface area contributed by atoms with Crippen LogP contribution in [0.3, 0.4) is 0 Å². The highest BCUT2D eigenvalue weighted by molar-refractivity contribution is 7.93. The van der Waals surface area contributed by atoms with Crippen molar-refractivity contribution in [2.45, 2.75) is 42.3 Å². The number of anilines is 1. The third-order valence-corrected chi connectivity index (χ3v) is 12.1. The Hall–Kier alpha value is -4.75. The molecular weight excluding hydrogens is 675 g/mol. The molecule has 268 valence electrons. The predicted molar refractivity (Wildman–Crippen MR) is 186 cm³/mol. The predicted octanol–water partition coefficient (Wildman–Crippen LogP) is 2.53. The molecule has 0 bridgehead atoms. The number of hydrogen-bond donors (Lipinski definition) is 1. The van der Waals surface area contributed by atoms with E-state index in [4.69, 9.17) is 14.2 Å². The van der Waals surface area contributed by atoms with Gasteiger partial charge in [0.2, 0.25) is 5.88 Å². The fraction of sp³-hybridized carbons (Fsp3) is 0.444. The lowest BCUT2D eigenvalue weighted by atomic mass is 9.83. The number of hydrogen-bond acceptors (Lipinski definition) is 11. The molecule has 4 aliphatic rings. The molecule has 7 rings (SSSR count). The molecule has 14 nitrogen and oxygen atoms in total. The molecule has 3 aromatic rings. The number of likely N-dealkylation sites (tertiary alicyclic amines) is 2. The van der Waals surface area contributed by atoms with E-state index < -0.39 is 27.5 Å². The minimum Gasteiger partial charge on any atom is -0.495 e. The maximum absolute atomic E-state index is 15.1. The molecule has 0 saturated carbocycles. The molecule has 0 radical (unpaired) electrons. The normalized spacial score (nSPS) is 21.9. The van der Waals surface area contributed by atoms with Crippen LogP contribution in [0.25, 0.3) is 0 Å². The second-order valence-electron chi connectivity index (χ2n) is 13.0. The number of carbonyl (C=O) groups excluding carboxylic acids is 2. The number of nitrogens with zero attached hydrogens (tertiary/aromatic N) is 6. The molecule has 0 unspecified atom stereocenters. The average Bonchev–Trinajstić information content (AvgIpc) is 3.39. The van der Waals surface area contributed by atoms with Gasteiger partial charge >= 0.3 is 6.03 Å². The topological polar surface area (TPSA) is 158 Å². The summed E-state index contributed by atoms with van der Waals surface area (Å²) in [5.74, 6) is -0.884. The van der Waals surface area contributed by atoms with E-state index in [9.17, 15) is 18.5 Å². The molecule has 1 atom stereocenters. The Morgan fingerprint density at radius 3 is 2.45 bits per heavy atom. The summed E-state index contributed by atoms with van der Waals surface area (Å²) in [4.78, 5) is 40.0. The molecule has 51 heavy (non-hydrogen) atoms. The Balaban J connectivity index is 1.22. The lowest BCUT2D eigenvalue weighted by Gasteiger charge is -2.49. The van der Waals surface area contributed by atoms with E-state index in [1.807, 2.05) is 0 Å². The highest BCUT2D eigenvalue weighted by Crippen LogP contribution is 2.50. The summed E-state index contributed by atoms with van der Waals surface area (Å²) >= 11 is 0. The van der Waals surface area contributed by atoms with E-state index in [1.54, 1.807) is 30.0 Å². The van der Waals surface area contributed by atoms with Gasteiger partial charge in [-0.05, 0) is 62.2 Å². The van der Waals surface area contributed by atoms with Crippen LogP contribution in [0.5, 0.6) is 11.6 Å². The van der Waals surface area contributed by atoms with Crippen molar-refractivity contribution in [3.63, 3.8) is 0 Å². The number of para-hydroxylation sites is 1. The van der Waals surface area contributed by atoms with Crippen molar-refractivity contribution in [2.75, 3.05) is 70.5 Å². The number of aromatic nitrogens is 1. The molecule has 3 fully saturated rings. The first-order valence-corrected chi connectivity index (χ1v) is 18.7. The lowest BCUT2D eigenvalue weighted by Crippen LogP contribution is -2.67. The van der Waals surface area contributed by atoms with Gasteiger partial charge in [-0.3, -0.25) is 14.6 Å². The van der Waals surface area contributed by atoms with Crippen molar-refractivity contribution in [1.82, 2.24) is 25.0 Å². The van der Waals surface area contributed by atoms with Crippen molar-refractivity contribution in [3.05, 3.63) is 77.5 Å². The summed E-state index contributed by atoms with van der Waals surface area (Å²) in [5, 5.41) is 12.9. The Morgan fingerprint density at radius 2 is 1.75 bits per heavy atom. The number of piperidine rings is 1. The van der Waals surface area contributed by atoms with E-state index in [0.29, 0.717) is 23.4 Å². The zero-order valence-corrected chi connectivity index (χ0v) is 29.5. The van der Waals surface area contributed by atoms with Gasteiger partial charge < -0.3 is 24.4 Å². The first-order chi connectivity index (χ1) is 24.7. The van der Waals surface area contributed by atoms with Gasteiger partial charge in [0, 0.05) is 63.1 Å². The molecule has 1 aromatic heterocycles. The highest BCUT2D eigenvalue weighted by Gasteiger charge is 2.59. The van der Waals surface area contributed by atoms with E-state index in [-0.39, 0.29) is 51.6 Å². The van der Waals surface area contributed by atoms with Crippen molar-refractivity contribution in [3.8, 4) is 17.7 Å². The summed E-state index contributed by atoms with van der Waals surface area (Å²) in [5.41, 5.74) is -1.71. The van der Waals surface area contributed by atoms with Crippen LogP contribution < -0.4 is 19.1 Å².